The Labute approximate surface area is 130 Å². The molecule has 1 aliphatic rings. The largest absolute Gasteiger partial charge is 0.337 e. The predicted octanol–water partition coefficient (Wildman–Crippen LogP) is 2.00. The Morgan fingerprint density at radius 3 is 3.09 bits per heavy atom. The van der Waals surface area contributed by atoms with Crippen molar-refractivity contribution in [3.8, 4) is 16.8 Å². The fourth-order valence-corrected chi connectivity index (χ4v) is 2.60. The molecule has 1 N–H and O–H groups in total. The van der Waals surface area contributed by atoms with Gasteiger partial charge in [0.2, 0.25) is 11.7 Å². The minimum Gasteiger partial charge on any atom is -0.337 e. The van der Waals surface area contributed by atoms with Crippen LogP contribution in [0.3, 0.4) is 0 Å². The van der Waals surface area contributed by atoms with Crippen LogP contribution in [0.5, 0.6) is 0 Å². The van der Waals surface area contributed by atoms with Crippen molar-refractivity contribution in [1.82, 2.24) is 20.6 Å². The number of allylic oxidation sites excluding steroid dienone is 1. The predicted molar refractivity (Wildman–Crippen MR) is 78.7 cm³/mol. The highest BCUT2D eigenvalue weighted by molar-refractivity contribution is 7.13. The van der Waals surface area contributed by atoms with Gasteiger partial charge in [0.05, 0.1) is 10.6 Å². The van der Waals surface area contributed by atoms with Crippen molar-refractivity contribution in [3.05, 3.63) is 46.8 Å². The molecule has 110 valence electrons. The molecular formula is C14H11N5O2S. The topological polar surface area (TPSA) is 95.0 Å². The molecule has 2 aromatic heterocycles. The highest BCUT2D eigenvalue weighted by Crippen LogP contribution is 2.23. The van der Waals surface area contributed by atoms with Crippen molar-refractivity contribution in [1.29, 1.82) is 5.26 Å². The van der Waals surface area contributed by atoms with Gasteiger partial charge in [-0.2, -0.15) is 10.2 Å². The van der Waals surface area contributed by atoms with Crippen molar-refractivity contribution in [3.63, 3.8) is 0 Å². The summed E-state index contributed by atoms with van der Waals surface area (Å²) < 4.78 is 5.15. The number of nitrogens with one attached hydrogen (secondary N) is 1. The Hall–Kier alpha value is -2.92. The summed E-state index contributed by atoms with van der Waals surface area (Å²) in [6.07, 6.45) is 0. The van der Waals surface area contributed by atoms with Crippen LogP contribution in [-0.2, 0) is 11.3 Å². The molecule has 1 aliphatic heterocycles. The number of thiophene rings is 1. The van der Waals surface area contributed by atoms with Crippen molar-refractivity contribution in [2.24, 2.45) is 0 Å². The van der Waals surface area contributed by atoms with Gasteiger partial charge in [-0.25, -0.2) is 5.01 Å². The van der Waals surface area contributed by atoms with Crippen LogP contribution in [0.2, 0.25) is 0 Å². The molecule has 0 fully saturated rings. The monoisotopic (exact) mass is 313 g/mol. The molecule has 0 aliphatic carbocycles. The number of rotatable bonds is 3. The molecule has 2 aromatic rings. The van der Waals surface area contributed by atoms with Crippen LogP contribution in [0.1, 0.15) is 12.8 Å². The first-order valence-corrected chi connectivity index (χ1v) is 7.23. The lowest BCUT2D eigenvalue weighted by atomic mass is 10.1. The van der Waals surface area contributed by atoms with Crippen molar-refractivity contribution in [2.75, 3.05) is 0 Å². The van der Waals surface area contributed by atoms with Crippen molar-refractivity contribution >= 4 is 17.2 Å². The molecule has 22 heavy (non-hydrogen) atoms. The number of nitriles is 1. The highest BCUT2D eigenvalue weighted by Gasteiger charge is 2.28. The zero-order chi connectivity index (χ0) is 15.7. The molecule has 1 amide bonds. The number of amides is 1. The van der Waals surface area contributed by atoms with Crippen molar-refractivity contribution < 1.29 is 9.32 Å². The Balaban J connectivity index is 1.81. The number of carbonyl (C=O) groups excluding carboxylic acids is 1. The third kappa shape index (κ3) is 2.38. The van der Waals surface area contributed by atoms with Crippen molar-refractivity contribution in [2.45, 2.75) is 13.5 Å². The second-order valence-corrected chi connectivity index (χ2v) is 5.53. The molecule has 3 heterocycles. The number of aromatic nitrogens is 2. The number of hydrogen-bond acceptors (Lipinski definition) is 7. The van der Waals surface area contributed by atoms with E-state index in [4.69, 9.17) is 9.78 Å². The van der Waals surface area contributed by atoms with E-state index in [2.05, 4.69) is 22.1 Å². The van der Waals surface area contributed by atoms with Crippen LogP contribution >= 0.6 is 11.3 Å². The number of hydrogen-bond donors (Lipinski definition) is 1. The van der Waals surface area contributed by atoms with Crippen LogP contribution in [0.4, 0.5) is 0 Å². The van der Waals surface area contributed by atoms with Crippen LogP contribution < -0.4 is 5.43 Å². The smallest absolute Gasteiger partial charge is 0.283 e. The van der Waals surface area contributed by atoms with E-state index in [-0.39, 0.29) is 18.0 Å². The standard InChI is InChI=1S/C14H11N5O2S/c1-8-9(2)17-19(14(20)10(8)6-15)7-12-16-13(18-21-12)11-4-3-5-22-11/h3-5,17H,2,7H2,1H3. The van der Waals surface area contributed by atoms with Gasteiger partial charge in [0, 0.05) is 0 Å². The molecule has 0 saturated carbocycles. The molecule has 0 radical (unpaired) electrons. The molecule has 8 heteroatoms. The first-order valence-electron chi connectivity index (χ1n) is 6.35. The molecule has 0 unspecified atom stereocenters. The van der Waals surface area contributed by atoms with Gasteiger partial charge in [0.15, 0.2) is 0 Å². The number of nitrogens with zero attached hydrogens (tertiary/aromatic N) is 4. The molecule has 0 spiro atoms. The third-order valence-electron chi connectivity index (χ3n) is 3.17. The van der Waals surface area contributed by atoms with E-state index in [0.29, 0.717) is 17.1 Å². The Morgan fingerprint density at radius 1 is 1.59 bits per heavy atom. The SMILES string of the molecule is C=C1NN(Cc2nc(-c3cccs3)no2)C(=O)C(C#N)=C1C. The van der Waals surface area contributed by atoms with E-state index in [1.54, 1.807) is 6.92 Å². The van der Waals surface area contributed by atoms with E-state index in [0.717, 1.165) is 4.88 Å². The second-order valence-electron chi connectivity index (χ2n) is 4.58. The van der Waals surface area contributed by atoms with Gasteiger partial charge in [-0.1, -0.05) is 17.8 Å². The Kier molecular flexibility index (Phi) is 3.48. The van der Waals surface area contributed by atoms with Crippen LogP contribution in [0.25, 0.3) is 10.7 Å². The van der Waals surface area contributed by atoms with E-state index in [9.17, 15) is 4.79 Å². The van der Waals surface area contributed by atoms with Gasteiger partial charge in [0.25, 0.3) is 5.91 Å². The average molecular weight is 313 g/mol. The molecule has 3 rings (SSSR count). The second kappa shape index (κ2) is 5.46. The molecule has 0 atom stereocenters. The number of hydrazine groups is 1. The zero-order valence-electron chi connectivity index (χ0n) is 11.7. The minimum absolute atomic E-state index is 0.0503. The average Bonchev–Trinajstić information content (AvgIpc) is 3.16. The quantitative estimate of drug-likeness (QED) is 0.931. The summed E-state index contributed by atoms with van der Waals surface area (Å²) in [5.74, 6) is 0.303. The Bertz CT molecular complexity index is 813. The normalized spacial score (nSPS) is 15.0. The maximum atomic E-state index is 12.2. The third-order valence-corrected chi connectivity index (χ3v) is 4.04. The maximum Gasteiger partial charge on any atom is 0.283 e. The lowest BCUT2D eigenvalue weighted by molar-refractivity contribution is -0.130. The van der Waals surface area contributed by atoms with Gasteiger partial charge in [0.1, 0.15) is 18.2 Å². The maximum absolute atomic E-state index is 12.2. The summed E-state index contributed by atoms with van der Waals surface area (Å²) in [5, 5.41) is 16.1. The summed E-state index contributed by atoms with van der Waals surface area (Å²) in [4.78, 5) is 17.3. The molecule has 7 nitrogen and oxygen atoms in total. The molecule has 0 bridgehead atoms. The Morgan fingerprint density at radius 2 is 2.41 bits per heavy atom. The molecule has 0 saturated heterocycles. The van der Waals surface area contributed by atoms with E-state index in [1.165, 1.54) is 16.3 Å². The fraction of sp³-hybridized carbons (Fsp3) is 0.143. The summed E-state index contributed by atoms with van der Waals surface area (Å²) in [6, 6.07) is 5.67. The minimum atomic E-state index is -0.441. The fourth-order valence-electron chi connectivity index (χ4n) is 1.95. The van der Waals surface area contributed by atoms with Gasteiger partial charge >= 0.3 is 0 Å². The lowest BCUT2D eigenvalue weighted by Gasteiger charge is -2.29. The zero-order valence-corrected chi connectivity index (χ0v) is 12.5. The number of carbonyl (C=O) groups is 1. The first kappa shape index (κ1) is 14.0. The summed E-state index contributed by atoms with van der Waals surface area (Å²) in [7, 11) is 0. The van der Waals surface area contributed by atoms with Gasteiger partial charge in [-0.3, -0.25) is 10.2 Å². The molecular weight excluding hydrogens is 302 g/mol. The van der Waals surface area contributed by atoms with Gasteiger partial charge in [-0.05, 0) is 23.9 Å². The van der Waals surface area contributed by atoms with Gasteiger partial charge < -0.3 is 4.52 Å². The van der Waals surface area contributed by atoms with E-state index < -0.39 is 5.91 Å². The highest BCUT2D eigenvalue weighted by atomic mass is 32.1. The summed E-state index contributed by atoms with van der Waals surface area (Å²) >= 11 is 1.49. The summed E-state index contributed by atoms with van der Waals surface area (Å²) in [5.41, 5.74) is 3.92. The van der Waals surface area contributed by atoms with E-state index in [1.807, 2.05) is 23.6 Å². The van der Waals surface area contributed by atoms with Gasteiger partial charge in [-0.15, -0.1) is 11.3 Å². The van der Waals surface area contributed by atoms with Crippen LogP contribution in [0, 0.1) is 11.3 Å². The van der Waals surface area contributed by atoms with E-state index >= 15 is 0 Å². The van der Waals surface area contributed by atoms with Crippen LogP contribution in [0.15, 0.2) is 45.5 Å². The first-order chi connectivity index (χ1) is 10.6. The summed E-state index contributed by atoms with van der Waals surface area (Å²) in [6.45, 7) is 5.51. The molecule has 0 aromatic carbocycles. The van der Waals surface area contributed by atoms with Crippen LogP contribution in [-0.4, -0.2) is 21.1 Å². The lowest BCUT2D eigenvalue weighted by Crippen LogP contribution is -2.46.